The van der Waals surface area contributed by atoms with Gasteiger partial charge in [0, 0.05) is 12.1 Å². The van der Waals surface area contributed by atoms with Crippen LogP contribution in [-0.2, 0) is 13.8 Å². The van der Waals surface area contributed by atoms with E-state index < -0.39 is 50.1 Å². The van der Waals surface area contributed by atoms with Gasteiger partial charge in [-0.2, -0.15) is 0 Å². The molecule has 0 aromatic heterocycles. The Morgan fingerprint density at radius 3 is 2.24 bits per heavy atom. The lowest BCUT2D eigenvalue weighted by Gasteiger charge is -2.40. The van der Waals surface area contributed by atoms with Crippen LogP contribution in [0, 0.1) is 10.1 Å². The van der Waals surface area contributed by atoms with Gasteiger partial charge in [-0.1, -0.05) is 0 Å². The first-order chi connectivity index (χ1) is 11.6. The number of hydrogen-bond acceptors (Lipinski definition) is 9. The van der Waals surface area contributed by atoms with Crippen molar-refractivity contribution in [1.82, 2.24) is 0 Å². The second-order valence-corrected chi connectivity index (χ2v) is 6.41. The molecule has 1 fully saturated rings. The van der Waals surface area contributed by atoms with Crippen molar-refractivity contribution < 1.29 is 48.6 Å². The van der Waals surface area contributed by atoms with E-state index in [0.717, 1.165) is 12.1 Å². The van der Waals surface area contributed by atoms with Gasteiger partial charge in [-0.15, -0.1) is 0 Å². The summed E-state index contributed by atoms with van der Waals surface area (Å²) in [7, 11) is -4.84. The molecule has 0 saturated carbocycles. The van der Waals surface area contributed by atoms with Crippen LogP contribution >= 0.6 is 7.82 Å². The molecule has 1 aliphatic heterocycles. The highest BCUT2D eigenvalue weighted by Gasteiger charge is 2.45. The molecule has 25 heavy (non-hydrogen) atoms. The highest BCUT2D eigenvalue weighted by atomic mass is 31.2. The molecule has 0 aliphatic carbocycles. The van der Waals surface area contributed by atoms with E-state index in [1.807, 2.05) is 0 Å². The first kappa shape index (κ1) is 19.7. The number of benzene rings is 1. The van der Waals surface area contributed by atoms with Crippen LogP contribution < -0.4 is 4.74 Å². The van der Waals surface area contributed by atoms with Crippen LogP contribution in [0.4, 0.5) is 5.69 Å². The molecule has 1 aliphatic rings. The minimum Gasteiger partial charge on any atom is -0.462 e. The van der Waals surface area contributed by atoms with Gasteiger partial charge in [0.05, 0.1) is 11.5 Å². The van der Waals surface area contributed by atoms with Crippen LogP contribution in [0.5, 0.6) is 5.75 Å². The summed E-state index contributed by atoms with van der Waals surface area (Å²) in [5, 5.41) is 40.1. The van der Waals surface area contributed by atoms with E-state index in [9.17, 15) is 30.0 Å². The minimum absolute atomic E-state index is 0.0629. The molecule has 1 heterocycles. The van der Waals surface area contributed by atoms with Crippen LogP contribution in [0.1, 0.15) is 0 Å². The molecule has 1 aromatic rings. The van der Waals surface area contributed by atoms with E-state index in [0.29, 0.717) is 0 Å². The molecule has 1 aromatic carbocycles. The standard InChI is InChI=1S/C12H16NO11P/c14-9-8(5-22-25(19,20)21)24-12(11(16)10(9)15)23-7-3-1-6(2-4-7)13(17)18/h1-4,8-12,14-16H,5H2,(H2,19,20,21)/t8?,9-,10-,11?,12-/m1/s1. The lowest BCUT2D eigenvalue weighted by atomic mass is 9.99. The third-order valence-electron chi connectivity index (χ3n) is 3.38. The number of phosphoric acid groups is 1. The Bertz CT molecular complexity index is 647. The first-order valence-corrected chi connectivity index (χ1v) is 8.42. The fraction of sp³-hybridized carbons (Fsp3) is 0.500. The van der Waals surface area contributed by atoms with Crippen molar-refractivity contribution >= 4 is 13.5 Å². The number of nitrogens with zero attached hydrogens (tertiary/aromatic N) is 1. The number of phosphoric ester groups is 1. The molecule has 2 unspecified atom stereocenters. The highest BCUT2D eigenvalue weighted by Crippen LogP contribution is 2.37. The highest BCUT2D eigenvalue weighted by molar-refractivity contribution is 7.46. The van der Waals surface area contributed by atoms with E-state index in [1.54, 1.807) is 0 Å². The summed E-state index contributed by atoms with van der Waals surface area (Å²) in [5.41, 5.74) is -0.194. The van der Waals surface area contributed by atoms with Crippen molar-refractivity contribution in [2.24, 2.45) is 0 Å². The van der Waals surface area contributed by atoms with Gasteiger partial charge in [0.1, 0.15) is 30.2 Å². The fourth-order valence-corrected chi connectivity index (χ4v) is 2.44. The Labute approximate surface area is 140 Å². The van der Waals surface area contributed by atoms with Crippen LogP contribution in [0.2, 0.25) is 0 Å². The van der Waals surface area contributed by atoms with Gasteiger partial charge in [-0.25, -0.2) is 4.57 Å². The van der Waals surface area contributed by atoms with Crippen molar-refractivity contribution in [2.45, 2.75) is 30.7 Å². The van der Waals surface area contributed by atoms with Gasteiger partial charge in [0.25, 0.3) is 5.69 Å². The van der Waals surface area contributed by atoms with Crippen molar-refractivity contribution in [3.05, 3.63) is 34.4 Å². The summed E-state index contributed by atoms with van der Waals surface area (Å²) in [6, 6.07) is 4.74. The Morgan fingerprint density at radius 1 is 1.12 bits per heavy atom. The molecule has 0 radical (unpaired) electrons. The smallest absolute Gasteiger partial charge is 0.462 e. The maximum atomic E-state index is 10.7. The molecule has 13 heteroatoms. The third kappa shape index (κ3) is 5.17. The Hall–Kier alpha value is -1.63. The number of non-ortho nitro benzene ring substituents is 1. The molecule has 5 atom stereocenters. The molecule has 0 amide bonds. The van der Waals surface area contributed by atoms with Gasteiger partial charge in [0.2, 0.25) is 6.29 Å². The van der Waals surface area contributed by atoms with Crippen molar-refractivity contribution in [3.63, 3.8) is 0 Å². The Kier molecular flexibility index (Phi) is 6.08. The second-order valence-electron chi connectivity index (χ2n) is 5.17. The molecular weight excluding hydrogens is 365 g/mol. The number of nitro benzene ring substituents is 1. The van der Waals surface area contributed by atoms with E-state index >= 15 is 0 Å². The molecule has 140 valence electrons. The van der Waals surface area contributed by atoms with E-state index in [1.165, 1.54) is 12.1 Å². The third-order valence-corrected chi connectivity index (χ3v) is 3.86. The van der Waals surface area contributed by atoms with Gasteiger partial charge >= 0.3 is 7.82 Å². The fourth-order valence-electron chi connectivity index (χ4n) is 2.10. The molecule has 0 spiro atoms. The number of aliphatic hydroxyl groups excluding tert-OH is 3. The lowest BCUT2D eigenvalue weighted by Crippen LogP contribution is -2.60. The SMILES string of the molecule is O=[N+]([O-])c1ccc(O[C@@H]2OC(COP(=O)(O)O)[C@@H](O)[C@@H](O)C2O)cc1. The van der Waals surface area contributed by atoms with Crippen LogP contribution in [-0.4, -0.2) is 67.3 Å². The van der Waals surface area contributed by atoms with Crippen LogP contribution in [0.3, 0.4) is 0 Å². The van der Waals surface area contributed by atoms with Crippen LogP contribution in [0.15, 0.2) is 24.3 Å². The predicted octanol–water partition coefficient (Wildman–Crippen LogP) is -1.11. The molecular formula is C12H16NO11P. The zero-order valence-corrected chi connectivity index (χ0v) is 13.4. The molecule has 0 bridgehead atoms. The normalized spacial score (nSPS) is 30.0. The predicted molar refractivity (Wildman–Crippen MR) is 78.4 cm³/mol. The summed E-state index contributed by atoms with van der Waals surface area (Å²) in [4.78, 5) is 27.3. The average molecular weight is 381 g/mol. The maximum absolute atomic E-state index is 10.7. The van der Waals surface area contributed by atoms with Crippen molar-refractivity contribution in [2.75, 3.05) is 6.61 Å². The van der Waals surface area contributed by atoms with Gasteiger partial charge in [-0.05, 0) is 12.1 Å². The summed E-state index contributed by atoms with van der Waals surface area (Å²) in [6.07, 6.45) is -8.00. The number of aliphatic hydroxyl groups is 3. The van der Waals surface area contributed by atoms with E-state index in [-0.39, 0.29) is 11.4 Å². The van der Waals surface area contributed by atoms with Crippen molar-refractivity contribution in [1.29, 1.82) is 0 Å². The summed E-state index contributed by atoms with van der Waals surface area (Å²) < 4.78 is 25.4. The van der Waals surface area contributed by atoms with E-state index in [4.69, 9.17) is 19.3 Å². The zero-order valence-electron chi connectivity index (χ0n) is 12.5. The van der Waals surface area contributed by atoms with E-state index in [2.05, 4.69) is 4.52 Å². The largest absolute Gasteiger partial charge is 0.469 e. The molecule has 5 N–H and O–H groups in total. The molecule has 2 rings (SSSR count). The second kappa shape index (κ2) is 7.72. The maximum Gasteiger partial charge on any atom is 0.469 e. The summed E-state index contributed by atoms with van der Waals surface area (Å²) in [6.45, 7) is -0.769. The van der Waals surface area contributed by atoms with Gasteiger partial charge < -0.3 is 34.6 Å². The van der Waals surface area contributed by atoms with Gasteiger partial charge in [0.15, 0.2) is 0 Å². The number of nitro groups is 1. The zero-order chi connectivity index (χ0) is 18.8. The minimum atomic E-state index is -4.84. The average Bonchev–Trinajstić information content (AvgIpc) is 2.54. The van der Waals surface area contributed by atoms with Crippen molar-refractivity contribution in [3.8, 4) is 5.75 Å². The first-order valence-electron chi connectivity index (χ1n) is 6.89. The monoisotopic (exact) mass is 381 g/mol. The number of hydrogen-bond donors (Lipinski definition) is 5. The van der Waals surface area contributed by atoms with Crippen LogP contribution in [0.25, 0.3) is 0 Å². The summed E-state index contributed by atoms with van der Waals surface area (Å²) >= 11 is 0. The quantitative estimate of drug-likeness (QED) is 0.228. The Morgan fingerprint density at radius 2 is 1.72 bits per heavy atom. The Balaban J connectivity index is 2.07. The van der Waals surface area contributed by atoms with Gasteiger partial charge in [-0.3, -0.25) is 14.6 Å². The number of ether oxygens (including phenoxy) is 2. The molecule has 1 saturated heterocycles. The summed E-state index contributed by atoms with van der Waals surface area (Å²) in [5.74, 6) is 0.0629. The number of rotatable bonds is 6. The molecule has 12 nitrogen and oxygen atoms in total. The topological polar surface area (TPSA) is 189 Å². The lowest BCUT2D eigenvalue weighted by molar-refractivity contribution is -0.384.